The van der Waals surface area contributed by atoms with E-state index in [-0.39, 0.29) is 11.9 Å². The minimum atomic E-state index is -0.232. The lowest BCUT2D eigenvalue weighted by atomic mass is 10.1. The third-order valence-corrected chi connectivity index (χ3v) is 5.98. The number of aromatic amines is 1. The van der Waals surface area contributed by atoms with E-state index in [1.807, 2.05) is 24.3 Å². The highest BCUT2D eigenvalue weighted by Gasteiger charge is 2.25. The Balaban J connectivity index is 1.34. The van der Waals surface area contributed by atoms with Gasteiger partial charge in [0.2, 0.25) is 0 Å². The van der Waals surface area contributed by atoms with Gasteiger partial charge in [0, 0.05) is 48.5 Å². The summed E-state index contributed by atoms with van der Waals surface area (Å²) in [4.78, 5) is 17.2. The number of pyridine rings is 1. The van der Waals surface area contributed by atoms with Crippen molar-refractivity contribution in [3.05, 3.63) is 65.3 Å². The maximum Gasteiger partial charge on any atom is 0.124 e. The molecule has 1 aliphatic heterocycles. The Hall–Kier alpha value is -2.70. The molecule has 0 saturated carbocycles. The van der Waals surface area contributed by atoms with Crippen LogP contribution in [0.15, 0.2) is 48.7 Å². The van der Waals surface area contributed by atoms with Crippen LogP contribution in [0.5, 0.6) is 0 Å². The van der Waals surface area contributed by atoms with Gasteiger partial charge in [0.25, 0.3) is 0 Å². The van der Waals surface area contributed by atoms with Crippen molar-refractivity contribution in [2.75, 3.05) is 31.1 Å². The zero-order valence-electron chi connectivity index (χ0n) is 16.1. The van der Waals surface area contributed by atoms with Crippen molar-refractivity contribution in [3.8, 4) is 0 Å². The number of aromatic nitrogens is 3. The van der Waals surface area contributed by atoms with Crippen LogP contribution >= 0.6 is 11.6 Å². The van der Waals surface area contributed by atoms with E-state index in [9.17, 15) is 4.39 Å². The standard InChI is InChI=1S/C22H21ClFN5/c1-14(22-26-19-4-2-15(23)12-20(19)27-22)28-8-10-29(11-9-28)21-6-7-25-18-5-3-16(24)13-17(18)21/h2-7,12-14H,8-11H2,1H3,(H,26,27). The van der Waals surface area contributed by atoms with E-state index in [0.717, 1.165) is 59.6 Å². The van der Waals surface area contributed by atoms with Crippen LogP contribution in [0.25, 0.3) is 21.9 Å². The summed E-state index contributed by atoms with van der Waals surface area (Å²) in [5.74, 6) is 0.719. The Labute approximate surface area is 173 Å². The molecule has 2 aromatic carbocycles. The van der Waals surface area contributed by atoms with Gasteiger partial charge in [-0.05, 0) is 49.4 Å². The van der Waals surface area contributed by atoms with E-state index < -0.39 is 0 Å². The van der Waals surface area contributed by atoms with Crippen LogP contribution in [-0.4, -0.2) is 46.0 Å². The molecule has 1 atom stereocenters. The van der Waals surface area contributed by atoms with Crippen LogP contribution in [0.4, 0.5) is 10.1 Å². The van der Waals surface area contributed by atoms with Gasteiger partial charge in [-0.3, -0.25) is 9.88 Å². The second-order valence-corrected chi connectivity index (χ2v) is 7.91. The molecule has 1 saturated heterocycles. The topological polar surface area (TPSA) is 48.1 Å². The molecule has 1 N–H and O–H groups in total. The Morgan fingerprint density at radius 1 is 1.03 bits per heavy atom. The second kappa shape index (κ2) is 7.28. The number of hydrogen-bond acceptors (Lipinski definition) is 4. The Kier molecular flexibility index (Phi) is 4.60. The van der Waals surface area contributed by atoms with Crippen LogP contribution in [0.1, 0.15) is 18.8 Å². The van der Waals surface area contributed by atoms with Gasteiger partial charge in [0.1, 0.15) is 11.6 Å². The average Bonchev–Trinajstić information content (AvgIpc) is 3.16. The molecule has 148 valence electrons. The summed E-state index contributed by atoms with van der Waals surface area (Å²) in [6, 6.07) is 12.6. The SMILES string of the molecule is CC(c1nc2ccc(Cl)cc2[nH]1)N1CCN(c2ccnc3ccc(F)cc23)CC1. The third-order valence-electron chi connectivity index (χ3n) is 5.74. The van der Waals surface area contributed by atoms with E-state index in [2.05, 4.69) is 26.7 Å². The van der Waals surface area contributed by atoms with Gasteiger partial charge in [-0.2, -0.15) is 0 Å². The quantitative estimate of drug-likeness (QED) is 0.528. The number of nitrogens with one attached hydrogen (secondary N) is 1. The fourth-order valence-electron chi connectivity index (χ4n) is 4.10. The van der Waals surface area contributed by atoms with Gasteiger partial charge in [0.15, 0.2) is 0 Å². The minimum Gasteiger partial charge on any atom is -0.368 e. The molecule has 0 radical (unpaired) electrons. The zero-order valence-corrected chi connectivity index (χ0v) is 16.8. The average molecular weight is 410 g/mol. The van der Waals surface area contributed by atoms with Gasteiger partial charge in [-0.1, -0.05) is 11.6 Å². The minimum absolute atomic E-state index is 0.176. The predicted molar refractivity (Wildman–Crippen MR) is 115 cm³/mol. The molecule has 1 unspecified atom stereocenters. The molecular weight excluding hydrogens is 389 g/mol. The summed E-state index contributed by atoms with van der Waals surface area (Å²) in [5, 5.41) is 1.57. The van der Waals surface area contributed by atoms with Gasteiger partial charge in [-0.15, -0.1) is 0 Å². The van der Waals surface area contributed by atoms with E-state index in [0.29, 0.717) is 5.02 Å². The Morgan fingerprint density at radius 2 is 1.83 bits per heavy atom. The molecule has 5 nitrogen and oxygen atoms in total. The zero-order chi connectivity index (χ0) is 20.0. The van der Waals surface area contributed by atoms with Crippen molar-refractivity contribution in [1.82, 2.24) is 19.9 Å². The maximum atomic E-state index is 13.8. The monoisotopic (exact) mass is 409 g/mol. The van der Waals surface area contributed by atoms with Crippen LogP contribution in [-0.2, 0) is 0 Å². The van der Waals surface area contributed by atoms with E-state index >= 15 is 0 Å². The molecule has 3 heterocycles. The fourth-order valence-corrected chi connectivity index (χ4v) is 4.27. The number of anilines is 1. The van der Waals surface area contributed by atoms with Gasteiger partial charge < -0.3 is 9.88 Å². The molecular formula is C22H21ClFN5. The summed E-state index contributed by atoms with van der Waals surface area (Å²) >= 11 is 6.09. The fraction of sp³-hybridized carbons (Fsp3) is 0.273. The molecule has 0 amide bonds. The second-order valence-electron chi connectivity index (χ2n) is 7.47. The molecule has 7 heteroatoms. The first-order chi connectivity index (χ1) is 14.1. The van der Waals surface area contributed by atoms with Crippen LogP contribution in [0, 0.1) is 5.82 Å². The number of hydrogen-bond donors (Lipinski definition) is 1. The summed E-state index contributed by atoms with van der Waals surface area (Å²) in [6.45, 7) is 5.71. The molecule has 1 fully saturated rings. The molecule has 5 rings (SSSR count). The number of halogens is 2. The molecule has 0 aliphatic carbocycles. The highest BCUT2D eigenvalue weighted by atomic mass is 35.5. The van der Waals surface area contributed by atoms with Gasteiger partial charge >= 0.3 is 0 Å². The Bertz CT molecular complexity index is 1180. The normalized spacial score (nSPS) is 16.6. The van der Waals surface area contributed by atoms with E-state index in [4.69, 9.17) is 16.6 Å². The summed E-state index contributed by atoms with van der Waals surface area (Å²) in [6.07, 6.45) is 1.80. The van der Waals surface area contributed by atoms with Crippen molar-refractivity contribution >= 4 is 39.2 Å². The lowest BCUT2D eigenvalue weighted by Gasteiger charge is -2.38. The maximum absolute atomic E-state index is 13.8. The largest absolute Gasteiger partial charge is 0.368 e. The van der Waals surface area contributed by atoms with Gasteiger partial charge in [0.05, 0.1) is 22.6 Å². The first-order valence-electron chi connectivity index (χ1n) is 9.77. The first-order valence-corrected chi connectivity index (χ1v) is 10.1. The van der Waals surface area contributed by atoms with Crippen LogP contribution in [0.3, 0.4) is 0 Å². The van der Waals surface area contributed by atoms with Crippen molar-refractivity contribution in [2.45, 2.75) is 13.0 Å². The highest BCUT2D eigenvalue weighted by Crippen LogP contribution is 2.29. The lowest BCUT2D eigenvalue weighted by molar-refractivity contribution is 0.193. The third kappa shape index (κ3) is 3.43. The van der Waals surface area contributed by atoms with E-state index in [1.54, 1.807) is 18.3 Å². The number of fused-ring (bicyclic) bond motifs is 2. The number of rotatable bonds is 3. The van der Waals surface area contributed by atoms with Crippen molar-refractivity contribution in [2.24, 2.45) is 0 Å². The first kappa shape index (κ1) is 18.3. The lowest BCUT2D eigenvalue weighted by Crippen LogP contribution is -2.47. The molecule has 4 aromatic rings. The summed E-state index contributed by atoms with van der Waals surface area (Å²) in [5.41, 5.74) is 3.75. The molecule has 0 spiro atoms. The number of benzene rings is 2. The number of piperazine rings is 1. The smallest absolute Gasteiger partial charge is 0.124 e. The van der Waals surface area contributed by atoms with Crippen LogP contribution < -0.4 is 4.90 Å². The molecule has 29 heavy (non-hydrogen) atoms. The molecule has 0 bridgehead atoms. The highest BCUT2D eigenvalue weighted by molar-refractivity contribution is 6.31. The van der Waals surface area contributed by atoms with Crippen LogP contribution in [0.2, 0.25) is 5.02 Å². The van der Waals surface area contributed by atoms with Crippen molar-refractivity contribution in [3.63, 3.8) is 0 Å². The predicted octanol–water partition coefficient (Wildman–Crippen LogP) is 4.79. The van der Waals surface area contributed by atoms with Crippen molar-refractivity contribution < 1.29 is 4.39 Å². The molecule has 1 aliphatic rings. The van der Waals surface area contributed by atoms with E-state index in [1.165, 1.54) is 6.07 Å². The number of imidazole rings is 1. The van der Waals surface area contributed by atoms with Crippen molar-refractivity contribution in [1.29, 1.82) is 0 Å². The number of nitrogens with zero attached hydrogens (tertiary/aromatic N) is 4. The number of H-pyrrole nitrogens is 1. The molecule has 2 aromatic heterocycles. The Morgan fingerprint density at radius 3 is 2.66 bits per heavy atom. The summed E-state index contributed by atoms with van der Waals surface area (Å²) in [7, 11) is 0. The summed E-state index contributed by atoms with van der Waals surface area (Å²) < 4.78 is 13.8. The van der Waals surface area contributed by atoms with Gasteiger partial charge in [-0.25, -0.2) is 9.37 Å².